The Balaban J connectivity index is 1.23. The van der Waals surface area contributed by atoms with E-state index in [1.54, 1.807) is 43.5 Å². The predicted molar refractivity (Wildman–Crippen MR) is 145 cm³/mol. The Hall–Kier alpha value is -4.09. The molecule has 3 N–H and O–H groups in total. The van der Waals surface area contributed by atoms with Gasteiger partial charge in [-0.15, -0.1) is 0 Å². The molecule has 1 atom stereocenters. The lowest BCUT2D eigenvalue weighted by Gasteiger charge is -2.15. The maximum Gasteiger partial charge on any atom is 0.321 e. The van der Waals surface area contributed by atoms with Gasteiger partial charge in [-0.25, -0.2) is 8.42 Å². The molecule has 0 spiro atoms. The van der Waals surface area contributed by atoms with Crippen molar-refractivity contribution in [2.75, 3.05) is 20.3 Å². The van der Waals surface area contributed by atoms with Crippen LogP contribution in [0, 0.1) is 0 Å². The number of hydrogen-bond acceptors (Lipinski definition) is 7. The number of methoxy groups -OCH3 is 1. The molecule has 0 saturated heterocycles. The van der Waals surface area contributed by atoms with Crippen molar-refractivity contribution >= 4 is 43.8 Å². The first-order valence-electron chi connectivity index (χ1n) is 12.5. The Morgan fingerprint density at radius 3 is 2.41 bits per heavy atom. The highest BCUT2D eigenvalue weighted by Gasteiger charge is 2.25. The van der Waals surface area contributed by atoms with E-state index in [1.165, 1.54) is 12.1 Å². The smallest absolute Gasteiger partial charge is 0.321 e. The van der Waals surface area contributed by atoms with E-state index in [2.05, 4.69) is 10.0 Å². The number of carboxylic acid groups (broad SMARTS) is 1. The van der Waals surface area contributed by atoms with E-state index < -0.39 is 22.0 Å². The molecule has 0 aliphatic heterocycles. The highest BCUT2D eigenvalue weighted by atomic mass is 32.2. The zero-order valence-corrected chi connectivity index (χ0v) is 22.2. The minimum Gasteiger partial charge on any atom is -0.497 e. The van der Waals surface area contributed by atoms with Crippen LogP contribution in [-0.2, 0) is 19.6 Å². The molecule has 0 saturated carbocycles. The summed E-state index contributed by atoms with van der Waals surface area (Å²) in [5, 5.41) is 13.8. The molecule has 1 amide bonds. The van der Waals surface area contributed by atoms with Crippen LogP contribution in [0.2, 0.25) is 0 Å². The van der Waals surface area contributed by atoms with E-state index in [-0.39, 0.29) is 30.3 Å². The Morgan fingerprint density at radius 1 is 0.949 bits per heavy atom. The average molecular weight is 555 g/mol. The molecule has 1 heterocycles. The predicted octanol–water partition coefficient (Wildman–Crippen LogP) is 4.08. The van der Waals surface area contributed by atoms with E-state index in [1.807, 2.05) is 18.2 Å². The van der Waals surface area contributed by atoms with Crippen LogP contribution >= 0.6 is 0 Å². The molecule has 4 aromatic rings. The first-order valence-corrected chi connectivity index (χ1v) is 13.9. The van der Waals surface area contributed by atoms with Gasteiger partial charge in [0.25, 0.3) is 0 Å². The molecule has 206 valence electrons. The molecule has 10 nitrogen and oxygen atoms in total. The third-order valence-corrected chi connectivity index (χ3v) is 7.62. The van der Waals surface area contributed by atoms with Crippen LogP contribution in [0.3, 0.4) is 0 Å². The highest BCUT2D eigenvalue weighted by Crippen LogP contribution is 2.30. The minimum absolute atomic E-state index is 0.0445. The van der Waals surface area contributed by atoms with Crippen LogP contribution in [0.4, 0.5) is 0 Å². The van der Waals surface area contributed by atoms with Gasteiger partial charge in [-0.05, 0) is 67.8 Å². The number of hydrogen-bond donors (Lipinski definition) is 3. The Kier molecular flexibility index (Phi) is 9.05. The summed E-state index contributed by atoms with van der Waals surface area (Å²) in [6, 6.07) is 17.4. The van der Waals surface area contributed by atoms with Crippen LogP contribution in [0.1, 0.15) is 25.7 Å². The number of benzene rings is 3. The molecule has 0 radical (unpaired) electrons. The van der Waals surface area contributed by atoms with E-state index in [4.69, 9.17) is 13.9 Å². The Bertz CT molecular complexity index is 1550. The largest absolute Gasteiger partial charge is 0.497 e. The summed E-state index contributed by atoms with van der Waals surface area (Å²) < 4.78 is 44.6. The SMILES string of the molecule is COc1ccc(OCCC(=O)NCCCCC(NS(=O)(=O)c2ccc3oc4ccccc4c3c2)C(=O)O)cc1. The third kappa shape index (κ3) is 7.27. The number of rotatable bonds is 14. The molecule has 11 heteroatoms. The van der Waals surface area contributed by atoms with E-state index in [0.717, 1.165) is 5.39 Å². The normalized spacial score (nSPS) is 12.3. The fourth-order valence-corrected chi connectivity index (χ4v) is 5.33. The number of nitrogens with one attached hydrogen (secondary N) is 2. The van der Waals surface area contributed by atoms with E-state index in [9.17, 15) is 23.1 Å². The van der Waals surface area contributed by atoms with Gasteiger partial charge in [0.1, 0.15) is 28.7 Å². The number of carbonyl (C=O) groups is 2. The maximum atomic E-state index is 13.0. The summed E-state index contributed by atoms with van der Waals surface area (Å²) >= 11 is 0. The van der Waals surface area contributed by atoms with Crippen molar-refractivity contribution in [2.24, 2.45) is 0 Å². The second kappa shape index (κ2) is 12.6. The first kappa shape index (κ1) is 27.9. The average Bonchev–Trinajstić information content (AvgIpc) is 3.30. The molecule has 4 rings (SSSR count). The van der Waals surface area contributed by atoms with Crippen molar-refractivity contribution in [3.8, 4) is 11.5 Å². The number of para-hydroxylation sites is 1. The van der Waals surface area contributed by atoms with Crippen molar-refractivity contribution in [3.05, 3.63) is 66.7 Å². The third-order valence-electron chi connectivity index (χ3n) is 6.15. The number of sulfonamides is 1. The van der Waals surface area contributed by atoms with Crippen molar-refractivity contribution in [1.82, 2.24) is 10.0 Å². The number of amides is 1. The maximum absolute atomic E-state index is 13.0. The van der Waals surface area contributed by atoms with Crippen LogP contribution in [-0.4, -0.2) is 51.7 Å². The Labute approximate surface area is 226 Å². The van der Waals surface area contributed by atoms with Gasteiger partial charge < -0.3 is 24.3 Å². The molecular weight excluding hydrogens is 524 g/mol. The van der Waals surface area contributed by atoms with Gasteiger partial charge >= 0.3 is 5.97 Å². The van der Waals surface area contributed by atoms with Gasteiger partial charge in [-0.3, -0.25) is 9.59 Å². The van der Waals surface area contributed by atoms with Crippen molar-refractivity contribution in [1.29, 1.82) is 0 Å². The van der Waals surface area contributed by atoms with Crippen LogP contribution < -0.4 is 19.5 Å². The zero-order chi connectivity index (χ0) is 27.8. The number of carbonyl (C=O) groups excluding carboxylic acids is 1. The quantitative estimate of drug-likeness (QED) is 0.198. The molecule has 1 aromatic heterocycles. The van der Waals surface area contributed by atoms with Crippen LogP contribution in [0.15, 0.2) is 76.0 Å². The fraction of sp³-hybridized carbons (Fsp3) is 0.286. The lowest BCUT2D eigenvalue weighted by molar-refractivity contribution is -0.139. The molecule has 0 bridgehead atoms. The van der Waals surface area contributed by atoms with Gasteiger partial charge in [-0.2, -0.15) is 4.72 Å². The molecule has 0 aliphatic carbocycles. The summed E-state index contributed by atoms with van der Waals surface area (Å²) in [5.41, 5.74) is 1.18. The van der Waals surface area contributed by atoms with Gasteiger partial charge in [0.15, 0.2) is 0 Å². The standard InChI is InChI=1S/C28H30N2O8S/c1-36-19-9-11-20(12-10-19)37-17-15-27(31)29-16-5-4-7-24(28(32)33)30-39(34,35)21-13-14-26-23(18-21)22-6-2-3-8-25(22)38-26/h2-3,6,8-14,18,24,30H,4-5,7,15-17H2,1H3,(H,29,31)(H,32,33). The fourth-order valence-electron chi connectivity index (χ4n) is 4.08. The minimum atomic E-state index is -4.10. The lowest BCUT2D eigenvalue weighted by atomic mass is 10.1. The summed E-state index contributed by atoms with van der Waals surface area (Å²) in [4.78, 5) is 23.8. The monoisotopic (exact) mass is 554 g/mol. The van der Waals surface area contributed by atoms with Crippen LogP contribution in [0.25, 0.3) is 21.9 Å². The topological polar surface area (TPSA) is 144 Å². The second-order valence-electron chi connectivity index (χ2n) is 8.89. The number of carboxylic acids is 1. The van der Waals surface area contributed by atoms with Gasteiger partial charge in [0, 0.05) is 17.3 Å². The number of fused-ring (bicyclic) bond motifs is 3. The molecule has 0 aliphatic rings. The van der Waals surface area contributed by atoms with Gasteiger partial charge in [0.05, 0.1) is 25.0 Å². The number of aliphatic carboxylic acids is 1. The first-order chi connectivity index (χ1) is 18.8. The van der Waals surface area contributed by atoms with Crippen molar-refractivity contribution in [3.63, 3.8) is 0 Å². The van der Waals surface area contributed by atoms with Crippen molar-refractivity contribution < 1.29 is 37.0 Å². The molecular formula is C28H30N2O8S. The van der Waals surface area contributed by atoms with Crippen molar-refractivity contribution in [2.45, 2.75) is 36.6 Å². The summed E-state index contributed by atoms with van der Waals surface area (Å²) in [7, 11) is -2.52. The second-order valence-corrected chi connectivity index (χ2v) is 10.6. The number of ether oxygens (including phenoxy) is 2. The summed E-state index contributed by atoms with van der Waals surface area (Å²) in [6.45, 7) is 0.548. The van der Waals surface area contributed by atoms with E-state index >= 15 is 0 Å². The van der Waals surface area contributed by atoms with E-state index in [0.29, 0.717) is 47.4 Å². The van der Waals surface area contributed by atoms with Crippen LogP contribution in [0.5, 0.6) is 11.5 Å². The summed E-state index contributed by atoms with van der Waals surface area (Å²) in [6.07, 6.45) is 1.12. The molecule has 39 heavy (non-hydrogen) atoms. The summed E-state index contributed by atoms with van der Waals surface area (Å²) in [5.74, 6) is -0.124. The molecule has 0 fully saturated rings. The number of unbranched alkanes of at least 4 members (excludes halogenated alkanes) is 1. The lowest BCUT2D eigenvalue weighted by Crippen LogP contribution is -2.40. The molecule has 1 unspecified atom stereocenters. The Morgan fingerprint density at radius 2 is 1.67 bits per heavy atom. The zero-order valence-electron chi connectivity index (χ0n) is 21.4. The molecule has 3 aromatic carbocycles. The number of furan rings is 1. The van der Waals surface area contributed by atoms with Gasteiger partial charge in [0.2, 0.25) is 15.9 Å². The highest BCUT2D eigenvalue weighted by molar-refractivity contribution is 7.89. The van der Waals surface area contributed by atoms with Gasteiger partial charge in [-0.1, -0.05) is 18.2 Å².